The van der Waals surface area contributed by atoms with E-state index in [0.29, 0.717) is 17.2 Å². The Kier molecular flexibility index (Phi) is 2.97. The van der Waals surface area contributed by atoms with Crippen molar-refractivity contribution in [1.29, 1.82) is 0 Å². The normalized spacial score (nSPS) is 14.3. The van der Waals surface area contributed by atoms with Crippen LogP contribution in [0.1, 0.15) is 40.6 Å². The van der Waals surface area contributed by atoms with Gasteiger partial charge in [-0.05, 0) is 37.5 Å². The number of nitrogens with zero attached hydrogens (tertiary/aromatic N) is 1. The first kappa shape index (κ1) is 12.7. The largest absolute Gasteiger partial charge is 0.508 e. The highest BCUT2D eigenvalue weighted by atomic mass is 16.5. The van der Waals surface area contributed by atoms with E-state index >= 15 is 0 Å². The zero-order valence-corrected chi connectivity index (χ0v) is 11.3. The molecule has 20 heavy (non-hydrogen) atoms. The summed E-state index contributed by atoms with van der Waals surface area (Å²) in [5.41, 5.74) is 1.66. The van der Waals surface area contributed by atoms with Gasteiger partial charge in [-0.1, -0.05) is 6.07 Å². The van der Waals surface area contributed by atoms with E-state index in [4.69, 9.17) is 9.15 Å². The van der Waals surface area contributed by atoms with Gasteiger partial charge in [-0.2, -0.15) is 0 Å². The van der Waals surface area contributed by atoms with Crippen LogP contribution in [0.25, 0.3) is 11.5 Å². The van der Waals surface area contributed by atoms with Gasteiger partial charge in [-0.15, -0.1) is 0 Å². The molecule has 1 fully saturated rings. The molecule has 2 aromatic rings. The molecule has 0 aliphatic heterocycles. The monoisotopic (exact) mass is 273 g/mol. The lowest BCUT2D eigenvalue weighted by Crippen LogP contribution is -2.04. The molecule has 1 aliphatic rings. The second-order valence-corrected chi connectivity index (χ2v) is 5.00. The molecule has 1 heterocycles. The van der Waals surface area contributed by atoms with Crippen LogP contribution >= 0.6 is 0 Å². The van der Waals surface area contributed by atoms with Crippen molar-refractivity contribution in [2.45, 2.75) is 25.7 Å². The number of aryl methyl sites for hydroxylation is 1. The molecular weight excluding hydrogens is 258 g/mol. The predicted octanol–water partition coefficient (Wildman–Crippen LogP) is 3.02. The van der Waals surface area contributed by atoms with Crippen LogP contribution in [0.3, 0.4) is 0 Å². The van der Waals surface area contributed by atoms with E-state index in [1.54, 1.807) is 18.2 Å². The molecule has 1 N–H and O–H groups in total. The minimum absolute atomic E-state index is 0.174. The van der Waals surface area contributed by atoms with Gasteiger partial charge < -0.3 is 14.3 Å². The fourth-order valence-corrected chi connectivity index (χ4v) is 2.06. The van der Waals surface area contributed by atoms with Crippen molar-refractivity contribution in [3.63, 3.8) is 0 Å². The van der Waals surface area contributed by atoms with Crippen LogP contribution in [-0.2, 0) is 4.74 Å². The molecule has 0 bridgehead atoms. The zero-order chi connectivity index (χ0) is 14.3. The summed E-state index contributed by atoms with van der Waals surface area (Å²) in [6, 6.07) is 5.17. The molecule has 1 aliphatic carbocycles. The highest BCUT2D eigenvalue weighted by Crippen LogP contribution is 2.43. The Morgan fingerprint density at radius 2 is 2.20 bits per heavy atom. The van der Waals surface area contributed by atoms with E-state index in [-0.39, 0.29) is 17.4 Å². The number of hydrogen-bond donors (Lipinski definition) is 1. The number of aromatic nitrogens is 1. The molecule has 0 unspecified atom stereocenters. The van der Waals surface area contributed by atoms with Gasteiger partial charge in [0.1, 0.15) is 11.5 Å². The average molecular weight is 273 g/mol. The summed E-state index contributed by atoms with van der Waals surface area (Å²) in [4.78, 5) is 16.0. The number of carbonyl (C=O) groups is 1. The minimum atomic E-state index is -0.488. The molecule has 0 amide bonds. The quantitative estimate of drug-likeness (QED) is 0.870. The topological polar surface area (TPSA) is 72.6 Å². The summed E-state index contributed by atoms with van der Waals surface area (Å²) in [6.07, 6.45) is 2.00. The Morgan fingerprint density at radius 1 is 1.45 bits per heavy atom. The van der Waals surface area contributed by atoms with Gasteiger partial charge in [0.25, 0.3) is 0 Å². The number of phenolic OH excluding ortho intramolecular Hbond substituents is 1. The fraction of sp³-hybridized carbons (Fsp3) is 0.333. The number of hydrogen-bond acceptors (Lipinski definition) is 5. The standard InChI is InChI=1S/C15H15NO4/c1-8-3-4-10(7-11(8)17)14-16-12(15(18)19-2)13(20-14)9-5-6-9/h3-4,7,9,17H,5-6H2,1-2H3. The van der Waals surface area contributed by atoms with Crippen LogP contribution in [0.4, 0.5) is 0 Å². The van der Waals surface area contributed by atoms with Gasteiger partial charge in [-0.25, -0.2) is 9.78 Å². The summed E-state index contributed by atoms with van der Waals surface area (Å²) in [7, 11) is 1.32. The highest BCUT2D eigenvalue weighted by Gasteiger charge is 2.34. The van der Waals surface area contributed by atoms with Gasteiger partial charge in [-0.3, -0.25) is 0 Å². The number of carbonyl (C=O) groups excluding carboxylic acids is 1. The summed E-state index contributed by atoms with van der Waals surface area (Å²) in [5.74, 6) is 0.866. The molecule has 0 saturated heterocycles. The number of esters is 1. The third kappa shape index (κ3) is 2.15. The molecule has 1 aromatic carbocycles. The van der Waals surface area contributed by atoms with Crippen LogP contribution in [0, 0.1) is 6.92 Å². The molecule has 3 rings (SSSR count). The second kappa shape index (κ2) is 4.67. The van der Waals surface area contributed by atoms with Gasteiger partial charge in [0.15, 0.2) is 5.69 Å². The maximum atomic E-state index is 11.7. The second-order valence-electron chi connectivity index (χ2n) is 5.00. The maximum absolute atomic E-state index is 11.7. The summed E-state index contributed by atoms with van der Waals surface area (Å²) >= 11 is 0. The lowest BCUT2D eigenvalue weighted by molar-refractivity contribution is 0.0592. The molecule has 1 saturated carbocycles. The Hall–Kier alpha value is -2.30. The molecular formula is C15H15NO4. The van der Waals surface area contributed by atoms with Crippen LogP contribution in [0.5, 0.6) is 5.75 Å². The average Bonchev–Trinajstić information content (AvgIpc) is 3.20. The molecule has 0 atom stereocenters. The lowest BCUT2D eigenvalue weighted by Gasteiger charge is -2.00. The van der Waals surface area contributed by atoms with Gasteiger partial charge in [0, 0.05) is 11.5 Å². The first-order valence-electron chi connectivity index (χ1n) is 6.49. The molecule has 104 valence electrons. The number of aromatic hydroxyl groups is 1. The van der Waals surface area contributed by atoms with Crippen molar-refractivity contribution in [1.82, 2.24) is 4.98 Å². The zero-order valence-electron chi connectivity index (χ0n) is 11.3. The SMILES string of the molecule is COC(=O)c1nc(-c2ccc(C)c(O)c2)oc1C1CC1. The van der Waals surface area contributed by atoms with Crippen LogP contribution in [-0.4, -0.2) is 23.2 Å². The molecule has 0 spiro atoms. The van der Waals surface area contributed by atoms with E-state index in [1.807, 2.05) is 6.92 Å². The van der Waals surface area contributed by atoms with Crippen molar-refractivity contribution in [3.05, 3.63) is 35.2 Å². The van der Waals surface area contributed by atoms with Crippen LogP contribution in [0.2, 0.25) is 0 Å². The minimum Gasteiger partial charge on any atom is -0.508 e. The molecule has 5 nitrogen and oxygen atoms in total. The Labute approximate surface area is 116 Å². The lowest BCUT2D eigenvalue weighted by atomic mass is 10.1. The van der Waals surface area contributed by atoms with E-state index in [0.717, 1.165) is 18.4 Å². The summed E-state index contributed by atoms with van der Waals surface area (Å²) < 4.78 is 10.5. The molecule has 5 heteroatoms. The van der Waals surface area contributed by atoms with E-state index in [9.17, 15) is 9.90 Å². The summed E-state index contributed by atoms with van der Waals surface area (Å²) in [6.45, 7) is 1.81. The number of methoxy groups -OCH3 is 1. The Bertz CT molecular complexity index is 671. The van der Waals surface area contributed by atoms with Crippen molar-refractivity contribution < 1.29 is 19.1 Å². The van der Waals surface area contributed by atoms with Crippen molar-refractivity contribution in [3.8, 4) is 17.2 Å². The van der Waals surface area contributed by atoms with Crippen molar-refractivity contribution in [2.24, 2.45) is 0 Å². The van der Waals surface area contributed by atoms with Crippen molar-refractivity contribution >= 4 is 5.97 Å². The Morgan fingerprint density at radius 3 is 2.80 bits per heavy atom. The number of rotatable bonds is 3. The van der Waals surface area contributed by atoms with E-state index < -0.39 is 5.97 Å². The molecule has 1 aromatic heterocycles. The van der Waals surface area contributed by atoms with E-state index in [2.05, 4.69) is 4.98 Å². The smallest absolute Gasteiger partial charge is 0.360 e. The van der Waals surface area contributed by atoms with Gasteiger partial charge in [0.2, 0.25) is 5.89 Å². The summed E-state index contributed by atoms with van der Waals surface area (Å²) in [5, 5.41) is 9.75. The maximum Gasteiger partial charge on any atom is 0.360 e. The van der Waals surface area contributed by atoms with Crippen LogP contribution in [0.15, 0.2) is 22.6 Å². The highest BCUT2D eigenvalue weighted by molar-refractivity contribution is 5.89. The van der Waals surface area contributed by atoms with Crippen LogP contribution < -0.4 is 0 Å². The Balaban J connectivity index is 2.05. The number of benzene rings is 1. The number of oxazole rings is 1. The molecule has 0 radical (unpaired) electrons. The number of phenols is 1. The first-order chi connectivity index (χ1) is 9.60. The van der Waals surface area contributed by atoms with Gasteiger partial charge >= 0.3 is 5.97 Å². The third-order valence-corrected chi connectivity index (χ3v) is 3.44. The number of ether oxygens (including phenoxy) is 1. The van der Waals surface area contributed by atoms with Crippen molar-refractivity contribution in [2.75, 3.05) is 7.11 Å². The van der Waals surface area contributed by atoms with E-state index in [1.165, 1.54) is 7.11 Å². The van der Waals surface area contributed by atoms with Gasteiger partial charge in [0.05, 0.1) is 7.11 Å². The third-order valence-electron chi connectivity index (χ3n) is 3.44. The first-order valence-corrected chi connectivity index (χ1v) is 6.49. The predicted molar refractivity (Wildman–Crippen MR) is 71.7 cm³/mol. The fourth-order valence-electron chi connectivity index (χ4n) is 2.06.